The van der Waals surface area contributed by atoms with Gasteiger partial charge in [-0.3, -0.25) is 23.0 Å². The van der Waals surface area contributed by atoms with E-state index in [9.17, 15) is 24.4 Å². The topological polar surface area (TPSA) is 248 Å². The highest BCUT2D eigenvalue weighted by atomic mass is 31.2. The Bertz CT molecular complexity index is 1620. The second-order valence-corrected chi connectivity index (χ2v) is 9.39. The Morgan fingerprint density at radius 2 is 1.73 bits per heavy atom. The van der Waals surface area contributed by atoms with Crippen LogP contribution in [0.15, 0.2) is 28.6 Å². The van der Waals surface area contributed by atoms with Gasteiger partial charge in [-0.1, -0.05) is 0 Å². The van der Waals surface area contributed by atoms with Crippen molar-refractivity contribution in [2.45, 2.75) is 24.5 Å². The number of nitrogens with zero attached hydrogens (tertiary/aromatic N) is 8. The summed E-state index contributed by atoms with van der Waals surface area (Å²) in [5.41, 5.74) is 6.43. The van der Waals surface area contributed by atoms with Crippen molar-refractivity contribution < 1.29 is 33.8 Å². The van der Waals surface area contributed by atoms with Crippen molar-refractivity contribution in [2.24, 2.45) is 21.1 Å². The van der Waals surface area contributed by atoms with Crippen molar-refractivity contribution in [2.75, 3.05) is 12.3 Å². The van der Waals surface area contributed by atoms with E-state index in [-0.39, 0.29) is 22.7 Å². The summed E-state index contributed by atoms with van der Waals surface area (Å²) in [7, 11) is 0.0543. The molecule has 5 heterocycles. The number of phosphoric acid groups is 1. The summed E-state index contributed by atoms with van der Waals surface area (Å²) in [5, 5.41) is 20.1. The molecule has 200 valence electrons. The maximum Gasteiger partial charge on any atom is 0.469 e. The minimum Gasteiger partial charge on any atom is -0.387 e. The molecule has 6 N–H and O–H groups in total. The third-order valence-corrected chi connectivity index (χ3v) is 6.21. The number of hydrogen-bond acceptors (Lipinski definition) is 12. The Kier molecular flexibility index (Phi) is 6.99. The monoisotopic (exact) mass is 541 g/mol. The summed E-state index contributed by atoms with van der Waals surface area (Å²) in [6.45, 7) is -0.594. The van der Waals surface area contributed by atoms with E-state index in [4.69, 9.17) is 20.3 Å². The van der Waals surface area contributed by atoms with Crippen molar-refractivity contribution in [3.63, 3.8) is 0 Å². The molecule has 18 nitrogen and oxygen atoms in total. The maximum absolute atomic E-state index is 11.7. The zero-order valence-corrected chi connectivity index (χ0v) is 20.6. The standard InChI is InChI=1S/C10H14N5O7P.C8H10N4O2/c11-8-5-9(13-2-12-8)15(3-14-5)10-7(17)6(16)4(22-10)1-21-23(18,19)20;1-10-4-9-6-5(10)7(13)12(3)8(14)11(6)2/h2-4,6-7,10,16-17H,1H2,(H2,11,12,13)(H2,18,19,20);4H,1-3H3/t4-,6-,7-,10-;/m1./s1. The fraction of sp³-hybridized carbons (Fsp3) is 0.444. The first-order chi connectivity index (χ1) is 17.3. The molecule has 19 heteroatoms. The Morgan fingerprint density at radius 3 is 2.41 bits per heavy atom. The lowest BCUT2D eigenvalue weighted by Crippen LogP contribution is -2.37. The minimum atomic E-state index is -4.72. The van der Waals surface area contributed by atoms with Crippen molar-refractivity contribution in [3.05, 3.63) is 39.8 Å². The van der Waals surface area contributed by atoms with Crippen molar-refractivity contribution >= 4 is 36.0 Å². The fourth-order valence-electron chi connectivity index (χ4n) is 3.79. The Hall–Kier alpha value is -3.51. The second kappa shape index (κ2) is 9.75. The molecule has 0 radical (unpaired) electrons. The molecule has 1 aliphatic heterocycles. The highest BCUT2D eigenvalue weighted by Gasteiger charge is 2.45. The van der Waals surface area contributed by atoms with E-state index in [2.05, 4.69) is 24.5 Å². The van der Waals surface area contributed by atoms with Gasteiger partial charge in [0, 0.05) is 21.1 Å². The molecule has 4 aromatic rings. The molecule has 1 fully saturated rings. The molecule has 0 amide bonds. The van der Waals surface area contributed by atoms with Crippen LogP contribution >= 0.6 is 7.82 Å². The van der Waals surface area contributed by atoms with E-state index in [1.165, 1.54) is 35.2 Å². The highest BCUT2D eigenvalue weighted by Crippen LogP contribution is 2.38. The summed E-state index contributed by atoms with van der Waals surface area (Å²) in [6, 6.07) is 0. The fourth-order valence-corrected chi connectivity index (χ4v) is 4.14. The summed E-state index contributed by atoms with van der Waals surface area (Å²) in [4.78, 5) is 56.3. The molecule has 0 bridgehead atoms. The number of nitrogens with two attached hydrogens (primary N) is 1. The van der Waals surface area contributed by atoms with Crippen molar-refractivity contribution in [1.29, 1.82) is 0 Å². The Balaban J connectivity index is 0.000000195. The lowest BCUT2D eigenvalue weighted by Gasteiger charge is -2.16. The van der Waals surface area contributed by atoms with Crippen LogP contribution in [0.25, 0.3) is 22.3 Å². The molecular formula is C18H24N9O9P. The summed E-state index contributed by atoms with van der Waals surface area (Å²) >= 11 is 0. The quantitative estimate of drug-likeness (QED) is 0.163. The van der Waals surface area contributed by atoms with Gasteiger partial charge >= 0.3 is 13.5 Å². The molecular weight excluding hydrogens is 517 g/mol. The Labute approximate surface area is 206 Å². The third-order valence-electron chi connectivity index (χ3n) is 5.72. The summed E-state index contributed by atoms with van der Waals surface area (Å²) < 4.78 is 25.8. The number of fused-ring (bicyclic) bond motifs is 2. The third kappa shape index (κ3) is 4.90. The van der Waals surface area contributed by atoms with Crippen LogP contribution in [0.3, 0.4) is 0 Å². The molecule has 1 aliphatic rings. The smallest absolute Gasteiger partial charge is 0.387 e. The lowest BCUT2D eigenvalue weighted by atomic mass is 10.1. The molecule has 37 heavy (non-hydrogen) atoms. The number of aromatic nitrogens is 8. The van der Waals surface area contributed by atoms with Crippen LogP contribution in [-0.2, 0) is 35.0 Å². The summed E-state index contributed by atoms with van der Waals surface area (Å²) in [6.07, 6.45) is -0.971. The highest BCUT2D eigenvalue weighted by molar-refractivity contribution is 7.46. The first-order valence-corrected chi connectivity index (χ1v) is 12.1. The predicted molar refractivity (Wildman–Crippen MR) is 125 cm³/mol. The van der Waals surface area contributed by atoms with Crippen molar-refractivity contribution in [1.82, 2.24) is 38.2 Å². The van der Waals surface area contributed by atoms with E-state index < -0.39 is 39.0 Å². The number of aliphatic hydroxyl groups is 2. The largest absolute Gasteiger partial charge is 0.469 e. The molecule has 0 unspecified atom stereocenters. The number of anilines is 1. The number of rotatable bonds is 4. The SMILES string of the molecule is Cn1c(=O)c2c(ncn2C)n(C)c1=O.Nc1ncnc2c1ncn2[C@@H]1O[C@H](COP(=O)(O)O)[C@@H](O)[C@H]1O. The van der Waals surface area contributed by atoms with Crippen LogP contribution in [-0.4, -0.2) is 83.1 Å². The van der Waals surface area contributed by atoms with E-state index in [1.54, 1.807) is 18.7 Å². The molecule has 0 saturated carbocycles. The van der Waals surface area contributed by atoms with Gasteiger partial charge in [0.15, 0.2) is 28.9 Å². The Morgan fingerprint density at radius 1 is 1.03 bits per heavy atom. The maximum atomic E-state index is 11.7. The molecule has 0 aliphatic carbocycles. The average Bonchev–Trinajstić information content (AvgIpc) is 3.52. The predicted octanol–water partition coefficient (Wildman–Crippen LogP) is -2.89. The van der Waals surface area contributed by atoms with Crippen LogP contribution in [0, 0.1) is 0 Å². The zero-order valence-electron chi connectivity index (χ0n) is 19.7. The molecule has 5 rings (SSSR count). The van der Waals surface area contributed by atoms with E-state index in [0.29, 0.717) is 16.7 Å². The average molecular weight is 541 g/mol. The number of aryl methyl sites for hydroxylation is 2. The first kappa shape index (κ1) is 26.6. The van der Waals surface area contributed by atoms with Gasteiger partial charge in [-0.05, 0) is 0 Å². The van der Waals surface area contributed by atoms with Crippen LogP contribution < -0.4 is 17.0 Å². The molecule has 4 atom stereocenters. The van der Waals surface area contributed by atoms with Gasteiger partial charge in [0.2, 0.25) is 0 Å². The van der Waals surface area contributed by atoms with Gasteiger partial charge in [0.25, 0.3) is 5.56 Å². The second-order valence-electron chi connectivity index (χ2n) is 8.15. The van der Waals surface area contributed by atoms with Gasteiger partial charge in [-0.15, -0.1) is 0 Å². The van der Waals surface area contributed by atoms with Gasteiger partial charge in [-0.25, -0.2) is 29.3 Å². The van der Waals surface area contributed by atoms with Crippen LogP contribution in [0.1, 0.15) is 6.23 Å². The number of hydrogen-bond donors (Lipinski definition) is 5. The number of phosphoric ester groups is 1. The molecule has 0 spiro atoms. The summed E-state index contributed by atoms with van der Waals surface area (Å²) in [5.74, 6) is 0.142. The van der Waals surface area contributed by atoms with E-state index >= 15 is 0 Å². The molecule has 0 aromatic carbocycles. The van der Waals surface area contributed by atoms with Gasteiger partial charge in [0.05, 0.1) is 19.3 Å². The van der Waals surface area contributed by atoms with Crippen molar-refractivity contribution in [3.8, 4) is 0 Å². The number of aliphatic hydroxyl groups excluding tert-OH is 2. The lowest BCUT2D eigenvalue weighted by molar-refractivity contribution is -0.0504. The number of imidazole rings is 2. The van der Waals surface area contributed by atoms with Crippen LogP contribution in [0.2, 0.25) is 0 Å². The van der Waals surface area contributed by atoms with Gasteiger partial charge in [0.1, 0.15) is 30.2 Å². The van der Waals surface area contributed by atoms with E-state index in [0.717, 1.165) is 4.57 Å². The zero-order chi connectivity index (χ0) is 27.2. The molecule has 4 aromatic heterocycles. The van der Waals surface area contributed by atoms with Crippen LogP contribution in [0.4, 0.5) is 5.82 Å². The minimum absolute atomic E-state index is 0.142. The first-order valence-electron chi connectivity index (χ1n) is 10.5. The van der Waals surface area contributed by atoms with Gasteiger partial charge < -0.3 is 35.0 Å². The normalized spacial score (nSPS) is 21.9. The van der Waals surface area contributed by atoms with E-state index in [1.807, 2.05) is 0 Å². The molecule has 1 saturated heterocycles. The number of ether oxygens (including phenoxy) is 1. The van der Waals surface area contributed by atoms with Gasteiger partial charge in [-0.2, -0.15) is 0 Å². The van der Waals surface area contributed by atoms with Crippen LogP contribution in [0.5, 0.6) is 0 Å². The number of nitrogen functional groups attached to an aromatic ring is 1.